The quantitative estimate of drug-likeness (QED) is 0.797. The lowest BCUT2D eigenvalue weighted by atomic mass is 10.0. The maximum absolute atomic E-state index is 13.5. The van der Waals surface area contributed by atoms with Crippen LogP contribution < -0.4 is 10.2 Å². The minimum atomic E-state index is -0.229. The maximum Gasteiger partial charge on any atom is 0.139 e. The fourth-order valence-corrected chi connectivity index (χ4v) is 2.93. The highest BCUT2D eigenvalue weighted by molar-refractivity contribution is 9.10. The first-order chi connectivity index (χ1) is 8.16. The fourth-order valence-electron chi connectivity index (χ4n) is 2.60. The number of likely N-dealkylation sites (N-methyl/N-ethyl adjacent to an activating group) is 1. The molecule has 0 amide bonds. The van der Waals surface area contributed by atoms with E-state index in [9.17, 15) is 4.39 Å². The fraction of sp³-hybridized carbons (Fsp3) is 0.500. The number of anilines is 2. The summed E-state index contributed by atoms with van der Waals surface area (Å²) in [5, 5.41) is 3.31. The van der Waals surface area contributed by atoms with Gasteiger partial charge in [0.15, 0.2) is 0 Å². The number of benzene rings is 1. The summed E-state index contributed by atoms with van der Waals surface area (Å²) in [6, 6.07) is 3.76. The number of fused-ring (bicyclic) bond motifs is 2. The summed E-state index contributed by atoms with van der Waals surface area (Å²) in [5.41, 5.74) is 1.89. The van der Waals surface area contributed by atoms with Gasteiger partial charge in [0.05, 0.1) is 35.1 Å². The van der Waals surface area contributed by atoms with E-state index in [1.165, 1.54) is 0 Å². The van der Waals surface area contributed by atoms with Gasteiger partial charge < -0.3 is 15.0 Å². The molecule has 1 N–H and O–H groups in total. The highest BCUT2D eigenvalue weighted by Gasteiger charge is 2.34. The number of hydrogen-bond donors (Lipinski definition) is 1. The Morgan fingerprint density at radius 2 is 2.29 bits per heavy atom. The third-order valence-electron chi connectivity index (χ3n) is 3.64. The monoisotopic (exact) mass is 300 g/mol. The second kappa shape index (κ2) is 4.14. The van der Waals surface area contributed by atoms with E-state index in [4.69, 9.17) is 4.74 Å². The zero-order valence-corrected chi connectivity index (χ0v) is 11.1. The molecule has 0 bridgehead atoms. The summed E-state index contributed by atoms with van der Waals surface area (Å²) >= 11 is 3.24. The molecule has 17 heavy (non-hydrogen) atoms. The SMILES string of the molecule is CN1c2cc(Br)c(F)cc2NCC2COCC21. The Balaban J connectivity index is 2.05. The van der Waals surface area contributed by atoms with E-state index >= 15 is 0 Å². The first kappa shape index (κ1) is 11.3. The molecule has 1 aromatic carbocycles. The first-order valence-electron chi connectivity index (χ1n) is 5.70. The molecule has 1 fully saturated rings. The van der Waals surface area contributed by atoms with Gasteiger partial charge in [-0.15, -0.1) is 0 Å². The summed E-state index contributed by atoms with van der Waals surface area (Å²) < 4.78 is 19.5. The van der Waals surface area contributed by atoms with Crippen LogP contribution in [-0.4, -0.2) is 32.8 Å². The largest absolute Gasteiger partial charge is 0.383 e. The number of ether oxygens (including phenoxy) is 1. The van der Waals surface area contributed by atoms with Crippen LogP contribution in [0.5, 0.6) is 0 Å². The maximum atomic E-state index is 13.5. The standard InChI is InChI=1S/C12H14BrFN2O/c1-16-11-2-8(13)9(14)3-10(11)15-4-7-5-17-6-12(7)16/h2-3,7,12,15H,4-6H2,1H3. The van der Waals surface area contributed by atoms with Crippen molar-refractivity contribution in [1.29, 1.82) is 0 Å². The molecule has 2 aliphatic heterocycles. The minimum absolute atomic E-state index is 0.229. The van der Waals surface area contributed by atoms with E-state index in [-0.39, 0.29) is 5.82 Å². The van der Waals surface area contributed by atoms with Crippen LogP contribution in [0.3, 0.4) is 0 Å². The molecular formula is C12H14BrFN2O. The number of hydrogen-bond acceptors (Lipinski definition) is 3. The van der Waals surface area contributed by atoms with Gasteiger partial charge >= 0.3 is 0 Å². The molecule has 1 saturated heterocycles. The Hall–Kier alpha value is -0.810. The molecule has 0 aliphatic carbocycles. The molecule has 1 aromatic rings. The molecule has 0 aromatic heterocycles. The van der Waals surface area contributed by atoms with Crippen molar-refractivity contribution in [2.24, 2.45) is 5.92 Å². The van der Waals surface area contributed by atoms with E-state index in [2.05, 4.69) is 26.1 Å². The van der Waals surface area contributed by atoms with Gasteiger partial charge in [-0.3, -0.25) is 0 Å². The average Bonchev–Trinajstić information content (AvgIpc) is 2.73. The molecule has 0 saturated carbocycles. The van der Waals surface area contributed by atoms with Crippen molar-refractivity contribution >= 4 is 27.3 Å². The van der Waals surface area contributed by atoms with Crippen LogP contribution in [0.4, 0.5) is 15.8 Å². The van der Waals surface area contributed by atoms with Crippen LogP contribution in [-0.2, 0) is 4.74 Å². The second-order valence-electron chi connectivity index (χ2n) is 4.64. The van der Waals surface area contributed by atoms with E-state index in [1.54, 1.807) is 6.07 Å². The lowest BCUT2D eigenvalue weighted by Crippen LogP contribution is -2.37. The third kappa shape index (κ3) is 1.81. The predicted molar refractivity (Wildman–Crippen MR) is 69.1 cm³/mol. The Labute approximate surface area is 108 Å². The molecule has 3 rings (SSSR count). The van der Waals surface area contributed by atoms with Crippen LogP contribution in [0.1, 0.15) is 0 Å². The minimum Gasteiger partial charge on any atom is -0.383 e. The van der Waals surface area contributed by atoms with E-state index in [1.807, 2.05) is 13.1 Å². The van der Waals surface area contributed by atoms with Crippen molar-refractivity contribution in [3.8, 4) is 0 Å². The molecule has 2 unspecified atom stereocenters. The van der Waals surface area contributed by atoms with Gasteiger partial charge in [-0.1, -0.05) is 0 Å². The van der Waals surface area contributed by atoms with Gasteiger partial charge in [0.1, 0.15) is 5.82 Å². The van der Waals surface area contributed by atoms with Crippen molar-refractivity contribution in [3.05, 3.63) is 22.4 Å². The summed E-state index contributed by atoms with van der Waals surface area (Å²) in [7, 11) is 2.04. The van der Waals surface area contributed by atoms with Crippen LogP contribution in [0, 0.1) is 11.7 Å². The second-order valence-corrected chi connectivity index (χ2v) is 5.49. The lowest BCUT2D eigenvalue weighted by Gasteiger charge is -2.27. The van der Waals surface area contributed by atoms with Gasteiger partial charge in [-0.2, -0.15) is 0 Å². The highest BCUT2D eigenvalue weighted by Crippen LogP contribution is 2.37. The van der Waals surface area contributed by atoms with Crippen molar-refractivity contribution < 1.29 is 9.13 Å². The predicted octanol–water partition coefficient (Wildman–Crippen LogP) is 2.46. The Morgan fingerprint density at radius 3 is 3.12 bits per heavy atom. The molecule has 3 nitrogen and oxygen atoms in total. The van der Waals surface area contributed by atoms with Crippen molar-refractivity contribution in [1.82, 2.24) is 0 Å². The van der Waals surface area contributed by atoms with E-state index in [0.717, 1.165) is 31.1 Å². The molecule has 92 valence electrons. The Morgan fingerprint density at radius 1 is 1.47 bits per heavy atom. The van der Waals surface area contributed by atoms with Gasteiger partial charge in [-0.05, 0) is 22.0 Å². The first-order valence-corrected chi connectivity index (χ1v) is 6.49. The zero-order valence-electron chi connectivity index (χ0n) is 9.54. The van der Waals surface area contributed by atoms with Crippen molar-refractivity contribution in [2.75, 3.05) is 37.0 Å². The zero-order chi connectivity index (χ0) is 12.0. The lowest BCUT2D eigenvalue weighted by molar-refractivity contribution is 0.185. The van der Waals surface area contributed by atoms with Gasteiger partial charge in [0, 0.05) is 25.6 Å². The Bertz CT molecular complexity index is 454. The molecule has 2 heterocycles. The average molecular weight is 301 g/mol. The number of rotatable bonds is 0. The smallest absolute Gasteiger partial charge is 0.139 e. The Kier molecular flexibility index (Phi) is 2.75. The third-order valence-corrected chi connectivity index (χ3v) is 4.24. The van der Waals surface area contributed by atoms with Crippen molar-refractivity contribution in [2.45, 2.75) is 6.04 Å². The van der Waals surface area contributed by atoms with Crippen LogP contribution >= 0.6 is 15.9 Å². The molecule has 2 atom stereocenters. The highest BCUT2D eigenvalue weighted by atomic mass is 79.9. The summed E-state index contributed by atoms with van der Waals surface area (Å²) in [6.07, 6.45) is 0. The number of halogens is 2. The number of nitrogens with zero attached hydrogens (tertiary/aromatic N) is 1. The van der Waals surface area contributed by atoms with Gasteiger partial charge in [0.25, 0.3) is 0 Å². The van der Waals surface area contributed by atoms with Crippen molar-refractivity contribution in [3.63, 3.8) is 0 Å². The van der Waals surface area contributed by atoms with Crippen LogP contribution in [0.2, 0.25) is 0 Å². The van der Waals surface area contributed by atoms with E-state index < -0.39 is 0 Å². The van der Waals surface area contributed by atoms with E-state index in [0.29, 0.717) is 16.4 Å². The molecule has 5 heteroatoms. The van der Waals surface area contributed by atoms with Gasteiger partial charge in [0.2, 0.25) is 0 Å². The van der Waals surface area contributed by atoms with Crippen LogP contribution in [0.25, 0.3) is 0 Å². The molecule has 2 aliphatic rings. The summed E-state index contributed by atoms with van der Waals surface area (Å²) in [5.74, 6) is 0.238. The normalized spacial score (nSPS) is 27.1. The number of nitrogens with one attached hydrogen (secondary N) is 1. The van der Waals surface area contributed by atoms with Crippen LogP contribution in [0.15, 0.2) is 16.6 Å². The molecular weight excluding hydrogens is 287 g/mol. The summed E-state index contributed by atoms with van der Waals surface area (Å²) in [6.45, 7) is 2.36. The van der Waals surface area contributed by atoms with Gasteiger partial charge in [-0.25, -0.2) is 4.39 Å². The topological polar surface area (TPSA) is 24.5 Å². The molecule has 0 radical (unpaired) electrons. The molecule has 0 spiro atoms. The summed E-state index contributed by atoms with van der Waals surface area (Å²) in [4.78, 5) is 2.19.